The van der Waals surface area contributed by atoms with Crippen LogP contribution in [-0.2, 0) is 0 Å². The topological polar surface area (TPSA) is 37.3 Å². The van der Waals surface area contributed by atoms with Crippen molar-refractivity contribution in [2.45, 2.75) is 0 Å². The lowest BCUT2D eigenvalue weighted by molar-refractivity contribution is 0.0697. The van der Waals surface area contributed by atoms with Gasteiger partial charge in [0.15, 0.2) is 0 Å². The second-order valence-corrected chi connectivity index (χ2v) is 4.41. The highest BCUT2D eigenvalue weighted by molar-refractivity contribution is 6.39. The van der Waals surface area contributed by atoms with Crippen LogP contribution in [0.1, 0.15) is 10.4 Å². The molecule has 0 aliphatic heterocycles. The molecular formula is C13H7Cl2FO2. The van der Waals surface area contributed by atoms with E-state index in [9.17, 15) is 9.18 Å². The van der Waals surface area contributed by atoms with Gasteiger partial charge in [0.1, 0.15) is 5.82 Å². The van der Waals surface area contributed by atoms with E-state index < -0.39 is 11.8 Å². The molecule has 0 heterocycles. The zero-order chi connectivity index (χ0) is 13.3. The van der Waals surface area contributed by atoms with Gasteiger partial charge in [0, 0.05) is 15.6 Å². The fourth-order valence-corrected chi connectivity index (χ4v) is 2.27. The zero-order valence-electron chi connectivity index (χ0n) is 8.95. The van der Waals surface area contributed by atoms with Crippen molar-refractivity contribution in [3.63, 3.8) is 0 Å². The standard InChI is InChI=1S/C13H7Cl2FO2/c14-10-2-1-3-11(15)12(10)8-5-4-7(16)6-9(8)13(17)18/h1-6H,(H,17,18). The van der Waals surface area contributed by atoms with Crippen molar-refractivity contribution in [3.05, 3.63) is 57.8 Å². The quantitative estimate of drug-likeness (QED) is 0.882. The molecule has 0 saturated carbocycles. The van der Waals surface area contributed by atoms with Crippen LogP contribution < -0.4 is 0 Å². The van der Waals surface area contributed by atoms with Crippen molar-refractivity contribution in [1.29, 1.82) is 0 Å². The summed E-state index contributed by atoms with van der Waals surface area (Å²) >= 11 is 12.0. The van der Waals surface area contributed by atoms with Crippen LogP contribution in [0.3, 0.4) is 0 Å². The lowest BCUT2D eigenvalue weighted by atomic mass is 9.99. The molecule has 0 spiro atoms. The molecule has 18 heavy (non-hydrogen) atoms. The van der Waals surface area contributed by atoms with E-state index in [-0.39, 0.29) is 5.56 Å². The summed E-state index contributed by atoms with van der Waals surface area (Å²) < 4.78 is 13.1. The molecule has 92 valence electrons. The molecule has 0 saturated heterocycles. The Hall–Kier alpha value is -1.58. The smallest absolute Gasteiger partial charge is 0.336 e. The third kappa shape index (κ3) is 2.33. The third-order valence-electron chi connectivity index (χ3n) is 2.44. The van der Waals surface area contributed by atoms with Crippen LogP contribution >= 0.6 is 23.2 Å². The van der Waals surface area contributed by atoms with Crippen LogP contribution in [0.25, 0.3) is 11.1 Å². The maximum atomic E-state index is 13.1. The summed E-state index contributed by atoms with van der Waals surface area (Å²) in [4.78, 5) is 11.1. The van der Waals surface area contributed by atoms with Crippen molar-refractivity contribution in [2.24, 2.45) is 0 Å². The lowest BCUT2D eigenvalue weighted by Crippen LogP contribution is -2.01. The molecule has 0 fully saturated rings. The van der Waals surface area contributed by atoms with E-state index >= 15 is 0 Å². The van der Waals surface area contributed by atoms with E-state index in [2.05, 4.69) is 0 Å². The van der Waals surface area contributed by atoms with Crippen molar-refractivity contribution in [1.82, 2.24) is 0 Å². The Morgan fingerprint density at radius 1 is 1.11 bits per heavy atom. The van der Waals surface area contributed by atoms with Crippen LogP contribution in [0.4, 0.5) is 4.39 Å². The largest absolute Gasteiger partial charge is 0.478 e. The number of aromatic carboxylic acids is 1. The van der Waals surface area contributed by atoms with Gasteiger partial charge in [-0.2, -0.15) is 0 Å². The first-order valence-electron chi connectivity index (χ1n) is 4.98. The molecule has 0 radical (unpaired) electrons. The van der Waals surface area contributed by atoms with E-state index in [4.69, 9.17) is 28.3 Å². The van der Waals surface area contributed by atoms with Crippen molar-refractivity contribution in [3.8, 4) is 11.1 Å². The third-order valence-corrected chi connectivity index (χ3v) is 3.07. The molecule has 2 aromatic carbocycles. The van der Waals surface area contributed by atoms with Gasteiger partial charge in [-0.1, -0.05) is 35.3 Å². The molecule has 0 atom stereocenters. The molecule has 2 nitrogen and oxygen atoms in total. The monoisotopic (exact) mass is 284 g/mol. The number of rotatable bonds is 2. The fourth-order valence-electron chi connectivity index (χ4n) is 1.67. The average Bonchev–Trinajstić information content (AvgIpc) is 2.30. The molecule has 0 amide bonds. The number of hydrogen-bond acceptors (Lipinski definition) is 1. The average molecular weight is 285 g/mol. The molecule has 0 aliphatic carbocycles. The minimum atomic E-state index is -1.24. The van der Waals surface area contributed by atoms with Crippen LogP contribution in [0.15, 0.2) is 36.4 Å². The molecule has 0 unspecified atom stereocenters. The van der Waals surface area contributed by atoms with E-state index in [1.54, 1.807) is 18.2 Å². The lowest BCUT2D eigenvalue weighted by Gasteiger charge is -2.10. The molecule has 0 bridgehead atoms. The number of halogens is 3. The number of benzene rings is 2. The number of carboxylic acids is 1. The normalized spacial score (nSPS) is 10.4. The van der Waals surface area contributed by atoms with Gasteiger partial charge in [0.2, 0.25) is 0 Å². The van der Waals surface area contributed by atoms with Crippen LogP contribution in [0, 0.1) is 5.82 Å². The van der Waals surface area contributed by atoms with Gasteiger partial charge in [-0.3, -0.25) is 0 Å². The second kappa shape index (κ2) is 4.96. The van der Waals surface area contributed by atoms with Gasteiger partial charge < -0.3 is 5.11 Å². The predicted molar refractivity (Wildman–Crippen MR) is 68.8 cm³/mol. The zero-order valence-corrected chi connectivity index (χ0v) is 10.5. The SMILES string of the molecule is O=C(O)c1cc(F)ccc1-c1c(Cl)cccc1Cl. The molecule has 0 aromatic heterocycles. The highest BCUT2D eigenvalue weighted by Gasteiger charge is 2.17. The summed E-state index contributed by atoms with van der Waals surface area (Å²) in [6, 6.07) is 8.30. The van der Waals surface area contributed by atoms with Crippen LogP contribution in [0.2, 0.25) is 10.0 Å². The second-order valence-electron chi connectivity index (χ2n) is 3.59. The van der Waals surface area contributed by atoms with Gasteiger partial charge in [0.05, 0.1) is 5.56 Å². The number of carbonyl (C=O) groups is 1. The summed E-state index contributed by atoms with van der Waals surface area (Å²) in [7, 11) is 0. The summed E-state index contributed by atoms with van der Waals surface area (Å²) in [6.45, 7) is 0. The van der Waals surface area contributed by atoms with Crippen molar-refractivity contribution < 1.29 is 14.3 Å². The number of hydrogen-bond donors (Lipinski definition) is 1. The predicted octanol–water partition coefficient (Wildman–Crippen LogP) is 4.50. The van der Waals surface area contributed by atoms with Crippen molar-refractivity contribution >= 4 is 29.2 Å². The summed E-state index contributed by atoms with van der Waals surface area (Å²) in [5.74, 6) is -1.86. The fraction of sp³-hybridized carbons (Fsp3) is 0. The Morgan fingerprint density at radius 2 is 1.72 bits per heavy atom. The van der Waals surface area contributed by atoms with Crippen LogP contribution in [-0.4, -0.2) is 11.1 Å². The first-order chi connectivity index (χ1) is 8.50. The molecule has 5 heteroatoms. The van der Waals surface area contributed by atoms with E-state index in [0.29, 0.717) is 21.2 Å². The van der Waals surface area contributed by atoms with E-state index in [1.807, 2.05) is 0 Å². The van der Waals surface area contributed by atoms with Gasteiger partial charge >= 0.3 is 5.97 Å². The molecule has 2 aromatic rings. The Bertz CT molecular complexity index is 606. The molecule has 2 rings (SSSR count). The van der Waals surface area contributed by atoms with E-state index in [0.717, 1.165) is 6.07 Å². The molecular weight excluding hydrogens is 278 g/mol. The van der Waals surface area contributed by atoms with Crippen LogP contribution in [0.5, 0.6) is 0 Å². The van der Waals surface area contributed by atoms with Gasteiger partial charge in [-0.05, 0) is 29.8 Å². The summed E-state index contributed by atoms with van der Waals surface area (Å²) in [5, 5.41) is 9.71. The minimum absolute atomic E-state index is 0.176. The minimum Gasteiger partial charge on any atom is -0.478 e. The molecule has 1 N–H and O–H groups in total. The Balaban J connectivity index is 2.75. The summed E-state index contributed by atoms with van der Waals surface area (Å²) in [5.41, 5.74) is 0.503. The van der Waals surface area contributed by atoms with Crippen molar-refractivity contribution in [2.75, 3.05) is 0 Å². The maximum Gasteiger partial charge on any atom is 0.336 e. The first-order valence-corrected chi connectivity index (χ1v) is 5.73. The van der Waals surface area contributed by atoms with Gasteiger partial charge in [-0.15, -0.1) is 0 Å². The Labute approximate surface area is 113 Å². The Kier molecular flexibility index (Phi) is 3.55. The highest BCUT2D eigenvalue weighted by Crippen LogP contribution is 2.36. The molecule has 0 aliphatic rings. The maximum absolute atomic E-state index is 13.1. The highest BCUT2D eigenvalue weighted by atomic mass is 35.5. The Morgan fingerprint density at radius 3 is 2.28 bits per heavy atom. The number of carboxylic acid groups (broad SMARTS) is 1. The van der Waals surface area contributed by atoms with Gasteiger partial charge in [-0.25, -0.2) is 9.18 Å². The van der Waals surface area contributed by atoms with Gasteiger partial charge in [0.25, 0.3) is 0 Å². The first kappa shape index (κ1) is 12.9. The van der Waals surface area contributed by atoms with E-state index in [1.165, 1.54) is 12.1 Å². The summed E-state index contributed by atoms with van der Waals surface area (Å²) in [6.07, 6.45) is 0.